The van der Waals surface area contributed by atoms with Gasteiger partial charge in [-0.25, -0.2) is 0 Å². The largest absolute Gasteiger partial charge is 0.390 e. The summed E-state index contributed by atoms with van der Waals surface area (Å²) in [5.41, 5.74) is 0. The van der Waals surface area contributed by atoms with Gasteiger partial charge in [-0.05, 0) is 50.0 Å². The van der Waals surface area contributed by atoms with Gasteiger partial charge in [0, 0.05) is 25.0 Å². The van der Waals surface area contributed by atoms with E-state index in [2.05, 4.69) is 17.3 Å². The lowest BCUT2D eigenvalue weighted by molar-refractivity contribution is 0.135. The van der Waals surface area contributed by atoms with Gasteiger partial charge < -0.3 is 10.4 Å². The van der Waals surface area contributed by atoms with Gasteiger partial charge in [0.05, 0.1) is 12.6 Å². The van der Waals surface area contributed by atoms with E-state index < -0.39 is 0 Å². The molecule has 5 unspecified atom stereocenters. The summed E-state index contributed by atoms with van der Waals surface area (Å²) < 4.78 is 1.79. The predicted molar refractivity (Wildman–Crippen MR) is 74.6 cm³/mol. The van der Waals surface area contributed by atoms with Gasteiger partial charge in [-0.2, -0.15) is 5.10 Å². The van der Waals surface area contributed by atoms with E-state index in [9.17, 15) is 5.11 Å². The van der Waals surface area contributed by atoms with Crippen molar-refractivity contribution < 1.29 is 5.11 Å². The third-order valence-corrected chi connectivity index (χ3v) is 5.07. The molecule has 0 aliphatic heterocycles. The number of aliphatic hydroxyl groups is 1. The van der Waals surface area contributed by atoms with Crippen LogP contribution in [0.4, 0.5) is 0 Å². The fourth-order valence-corrected chi connectivity index (χ4v) is 4.07. The molecule has 19 heavy (non-hydrogen) atoms. The first-order valence-electron chi connectivity index (χ1n) is 7.61. The lowest BCUT2D eigenvalue weighted by Crippen LogP contribution is -2.41. The van der Waals surface area contributed by atoms with Crippen molar-refractivity contribution in [3.63, 3.8) is 0 Å². The lowest BCUT2D eigenvalue weighted by Gasteiger charge is -2.29. The Labute approximate surface area is 115 Å². The van der Waals surface area contributed by atoms with Gasteiger partial charge in [0.25, 0.3) is 0 Å². The Kier molecular flexibility index (Phi) is 3.89. The van der Waals surface area contributed by atoms with Crippen LogP contribution < -0.4 is 5.32 Å². The van der Waals surface area contributed by atoms with E-state index in [1.165, 1.54) is 25.7 Å². The van der Waals surface area contributed by atoms with Crippen LogP contribution in [-0.2, 0) is 6.54 Å². The van der Waals surface area contributed by atoms with Crippen LogP contribution in [0.1, 0.15) is 32.6 Å². The summed E-state index contributed by atoms with van der Waals surface area (Å²) >= 11 is 0. The Morgan fingerprint density at radius 1 is 1.42 bits per heavy atom. The lowest BCUT2D eigenvalue weighted by atomic mass is 9.84. The fourth-order valence-electron chi connectivity index (χ4n) is 4.07. The minimum atomic E-state index is -0.360. The van der Waals surface area contributed by atoms with Crippen LogP contribution in [-0.4, -0.2) is 33.6 Å². The van der Waals surface area contributed by atoms with Crippen molar-refractivity contribution in [1.29, 1.82) is 0 Å². The summed E-state index contributed by atoms with van der Waals surface area (Å²) in [7, 11) is 0. The Morgan fingerprint density at radius 3 is 2.95 bits per heavy atom. The summed E-state index contributed by atoms with van der Waals surface area (Å²) in [5, 5.41) is 17.7. The quantitative estimate of drug-likeness (QED) is 0.820. The highest BCUT2D eigenvalue weighted by molar-refractivity contribution is 4.94. The van der Waals surface area contributed by atoms with Crippen LogP contribution in [0.2, 0.25) is 0 Å². The number of aliphatic hydroxyl groups excluding tert-OH is 1. The van der Waals surface area contributed by atoms with Gasteiger partial charge in [0.2, 0.25) is 0 Å². The van der Waals surface area contributed by atoms with Gasteiger partial charge in [-0.1, -0.05) is 6.42 Å². The van der Waals surface area contributed by atoms with Crippen LogP contribution in [0, 0.1) is 17.8 Å². The molecule has 4 nitrogen and oxygen atoms in total. The molecule has 1 heterocycles. The van der Waals surface area contributed by atoms with Gasteiger partial charge in [-0.3, -0.25) is 4.68 Å². The first kappa shape index (κ1) is 13.1. The Morgan fingerprint density at radius 2 is 2.32 bits per heavy atom. The average Bonchev–Trinajstić information content (AvgIpc) is 3.12. The number of nitrogens with zero attached hydrogens (tertiary/aromatic N) is 2. The topological polar surface area (TPSA) is 50.1 Å². The Balaban J connectivity index is 1.41. The van der Waals surface area contributed by atoms with Crippen LogP contribution in [0.25, 0.3) is 0 Å². The molecule has 4 heteroatoms. The number of hydrogen-bond donors (Lipinski definition) is 2. The molecule has 0 radical (unpaired) electrons. The van der Waals surface area contributed by atoms with E-state index in [0.717, 1.165) is 17.8 Å². The van der Waals surface area contributed by atoms with Crippen molar-refractivity contribution >= 4 is 0 Å². The zero-order valence-electron chi connectivity index (χ0n) is 11.7. The summed E-state index contributed by atoms with van der Waals surface area (Å²) in [6.45, 7) is 3.52. The minimum absolute atomic E-state index is 0.360. The smallest absolute Gasteiger partial charge is 0.0860 e. The highest BCUT2D eigenvalue weighted by Gasteiger charge is 2.41. The molecule has 2 N–H and O–H groups in total. The van der Waals surface area contributed by atoms with E-state index in [0.29, 0.717) is 19.1 Å². The second-order valence-electron chi connectivity index (χ2n) is 6.42. The van der Waals surface area contributed by atoms with Crippen molar-refractivity contribution in [3.8, 4) is 0 Å². The highest BCUT2D eigenvalue weighted by atomic mass is 16.3. The number of rotatable bonds is 6. The molecule has 106 valence electrons. The molecular weight excluding hydrogens is 238 g/mol. The van der Waals surface area contributed by atoms with Crippen LogP contribution in [0.3, 0.4) is 0 Å². The molecule has 2 aliphatic rings. The zero-order valence-corrected chi connectivity index (χ0v) is 11.7. The maximum absolute atomic E-state index is 10.0. The number of hydrogen-bond acceptors (Lipinski definition) is 3. The van der Waals surface area contributed by atoms with Crippen LogP contribution in [0.15, 0.2) is 18.5 Å². The first-order chi connectivity index (χ1) is 9.22. The molecule has 2 bridgehead atoms. The average molecular weight is 263 g/mol. The minimum Gasteiger partial charge on any atom is -0.390 e. The van der Waals surface area contributed by atoms with E-state index in [4.69, 9.17) is 0 Å². The second-order valence-corrected chi connectivity index (χ2v) is 6.42. The van der Waals surface area contributed by atoms with Crippen molar-refractivity contribution in [3.05, 3.63) is 18.5 Å². The van der Waals surface area contributed by atoms with Crippen molar-refractivity contribution in [1.82, 2.24) is 15.1 Å². The highest BCUT2D eigenvalue weighted by Crippen LogP contribution is 2.49. The van der Waals surface area contributed by atoms with E-state index in [1.807, 2.05) is 12.3 Å². The second kappa shape index (κ2) is 5.63. The molecular formula is C15H25N3O. The Bertz CT molecular complexity index is 392. The zero-order chi connectivity index (χ0) is 13.2. The van der Waals surface area contributed by atoms with Crippen LogP contribution in [0.5, 0.6) is 0 Å². The molecule has 2 saturated carbocycles. The molecule has 2 fully saturated rings. The SMILES string of the molecule is CC(NCC(O)Cn1cccn1)C1CC2CCC1C2. The molecule has 0 saturated heterocycles. The molecule has 1 aromatic heterocycles. The van der Waals surface area contributed by atoms with Crippen molar-refractivity contribution in [2.75, 3.05) is 6.54 Å². The van der Waals surface area contributed by atoms with E-state index >= 15 is 0 Å². The Hall–Kier alpha value is -0.870. The first-order valence-corrected chi connectivity index (χ1v) is 7.61. The third kappa shape index (κ3) is 3.00. The van der Waals surface area contributed by atoms with E-state index in [-0.39, 0.29) is 6.10 Å². The van der Waals surface area contributed by atoms with Gasteiger partial charge in [-0.15, -0.1) is 0 Å². The van der Waals surface area contributed by atoms with Gasteiger partial charge in [0.1, 0.15) is 0 Å². The summed E-state index contributed by atoms with van der Waals surface area (Å²) in [6, 6.07) is 2.42. The molecule has 0 amide bonds. The molecule has 5 atom stereocenters. The third-order valence-electron chi connectivity index (χ3n) is 5.07. The fraction of sp³-hybridized carbons (Fsp3) is 0.800. The number of fused-ring (bicyclic) bond motifs is 2. The monoisotopic (exact) mass is 263 g/mol. The number of nitrogens with one attached hydrogen (secondary N) is 1. The molecule has 3 rings (SSSR count). The molecule has 0 spiro atoms. The molecule has 2 aliphatic carbocycles. The standard InChI is InChI=1S/C15H25N3O/c1-11(15-8-12-3-4-13(15)7-12)16-9-14(19)10-18-6-2-5-17-18/h2,5-6,11-16,19H,3-4,7-10H2,1H3. The molecule has 1 aromatic rings. The van der Waals surface area contributed by atoms with Crippen LogP contribution >= 0.6 is 0 Å². The van der Waals surface area contributed by atoms with Gasteiger partial charge in [0.15, 0.2) is 0 Å². The maximum atomic E-state index is 10.0. The summed E-state index contributed by atoms with van der Waals surface area (Å²) in [6.07, 6.45) is 9.01. The normalized spacial score (nSPS) is 32.6. The van der Waals surface area contributed by atoms with Crippen molar-refractivity contribution in [2.45, 2.75) is 51.3 Å². The predicted octanol–water partition coefficient (Wildman–Crippen LogP) is 1.66. The van der Waals surface area contributed by atoms with Crippen molar-refractivity contribution in [2.24, 2.45) is 17.8 Å². The number of aromatic nitrogens is 2. The summed E-state index contributed by atoms with van der Waals surface area (Å²) in [4.78, 5) is 0. The van der Waals surface area contributed by atoms with E-state index in [1.54, 1.807) is 10.9 Å². The van der Waals surface area contributed by atoms with Gasteiger partial charge >= 0.3 is 0 Å². The summed E-state index contributed by atoms with van der Waals surface area (Å²) in [5.74, 6) is 2.76. The molecule has 0 aromatic carbocycles. The maximum Gasteiger partial charge on any atom is 0.0860 e.